The Morgan fingerprint density at radius 3 is 2.38 bits per heavy atom. The highest BCUT2D eigenvalue weighted by Crippen LogP contribution is 2.47. The quantitative estimate of drug-likeness (QED) is 0.522. The Hall–Kier alpha value is -1.90. The topological polar surface area (TPSA) is 16.1 Å². The molecule has 1 aliphatic heterocycles. The SMILES string of the molecule is CN1C(C)(C)Cc2nc3ccc(Cl)cc3c(-c3ccccc3)c2C1(C)C. The molecule has 1 aromatic heterocycles. The van der Waals surface area contributed by atoms with Gasteiger partial charge in [-0.2, -0.15) is 0 Å². The molecule has 1 aliphatic rings. The van der Waals surface area contributed by atoms with Crippen molar-refractivity contribution in [1.82, 2.24) is 9.88 Å². The van der Waals surface area contributed by atoms with Crippen molar-refractivity contribution in [3.05, 3.63) is 64.8 Å². The number of hydrogen-bond donors (Lipinski definition) is 0. The third kappa shape index (κ3) is 2.55. The van der Waals surface area contributed by atoms with Crippen LogP contribution < -0.4 is 0 Å². The highest BCUT2D eigenvalue weighted by atomic mass is 35.5. The highest BCUT2D eigenvalue weighted by molar-refractivity contribution is 6.31. The first-order valence-electron chi connectivity index (χ1n) is 9.14. The van der Waals surface area contributed by atoms with Crippen LogP contribution in [0.5, 0.6) is 0 Å². The zero-order chi connectivity index (χ0) is 18.7. The summed E-state index contributed by atoms with van der Waals surface area (Å²) in [6.07, 6.45) is 0.931. The minimum absolute atomic E-state index is 0.0531. The van der Waals surface area contributed by atoms with Crippen LogP contribution >= 0.6 is 11.6 Å². The molecule has 0 saturated carbocycles. The van der Waals surface area contributed by atoms with Crippen LogP contribution in [0.15, 0.2) is 48.5 Å². The van der Waals surface area contributed by atoms with Crippen LogP contribution in [0.25, 0.3) is 22.0 Å². The van der Waals surface area contributed by atoms with Gasteiger partial charge in [-0.1, -0.05) is 41.9 Å². The third-order valence-corrected chi connectivity index (χ3v) is 6.28. The van der Waals surface area contributed by atoms with E-state index < -0.39 is 0 Å². The van der Waals surface area contributed by atoms with E-state index in [2.05, 4.69) is 76.0 Å². The number of benzene rings is 2. The molecule has 2 heterocycles. The molecule has 0 radical (unpaired) electrons. The lowest BCUT2D eigenvalue weighted by Gasteiger charge is -2.52. The molecule has 2 aromatic carbocycles. The van der Waals surface area contributed by atoms with Gasteiger partial charge in [0, 0.05) is 39.2 Å². The predicted molar refractivity (Wildman–Crippen MR) is 111 cm³/mol. The molecule has 0 atom stereocenters. The smallest absolute Gasteiger partial charge is 0.0712 e. The Morgan fingerprint density at radius 2 is 1.69 bits per heavy atom. The lowest BCUT2D eigenvalue weighted by molar-refractivity contribution is 0.0266. The van der Waals surface area contributed by atoms with Crippen molar-refractivity contribution >= 4 is 22.5 Å². The fourth-order valence-corrected chi connectivity index (χ4v) is 4.60. The van der Waals surface area contributed by atoms with Crippen LogP contribution in [-0.2, 0) is 12.0 Å². The summed E-state index contributed by atoms with van der Waals surface area (Å²) in [6.45, 7) is 9.20. The molecule has 3 aromatic rings. The molecule has 0 saturated heterocycles. The molecule has 0 fully saturated rings. The summed E-state index contributed by atoms with van der Waals surface area (Å²) in [7, 11) is 2.22. The minimum Gasteiger partial charge on any atom is -0.292 e. The van der Waals surface area contributed by atoms with Gasteiger partial charge in [0.25, 0.3) is 0 Å². The first kappa shape index (κ1) is 17.5. The first-order valence-corrected chi connectivity index (χ1v) is 9.51. The van der Waals surface area contributed by atoms with Crippen LogP contribution in [0.1, 0.15) is 39.0 Å². The van der Waals surface area contributed by atoms with E-state index in [-0.39, 0.29) is 11.1 Å². The van der Waals surface area contributed by atoms with E-state index >= 15 is 0 Å². The molecule has 134 valence electrons. The van der Waals surface area contributed by atoms with Crippen molar-refractivity contribution in [3.8, 4) is 11.1 Å². The largest absolute Gasteiger partial charge is 0.292 e. The van der Waals surface area contributed by atoms with Crippen molar-refractivity contribution in [2.75, 3.05) is 7.05 Å². The van der Waals surface area contributed by atoms with Crippen molar-refractivity contribution in [1.29, 1.82) is 0 Å². The average molecular weight is 365 g/mol. The Morgan fingerprint density at radius 1 is 1.00 bits per heavy atom. The number of halogens is 1. The number of pyridine rings is 1. The monoisotopic (exact) mass is 364 g/mol. The number of rotatable bonds is 1. The Bertz CT molecular complexity index is 990. The number of fused-ring (bicyclic) bond motifs is 2. The molecule has 4 rings (SSSR count). The second-order valence-electron chi connectivity index (χ2n) is 8.44. The van der Waals surface area contributed by atoms with Gasteiger partial charge in [0.15, 0.2) is 0 Å². The van der Waals surface area contributed by atoms with Crippen LogP contribution in [0, 0.1) is 0 Å². The molecule has 0 bridgehead atoms. The maximum atomic E-state index is 6.37. The zero-order valence-corrected chi connectivity index (χ0v) is 16.9. The molecular weight excluding hydrogens is 340 g/mol. The van der Waals surface area contributed by atoms with Crippen molar-refractivity contribution in [3.63, 3.8) is 0 Å². The molecular formula is C23H25ClN2. The van der Waals surface area contributed by atoms with Gasteiger partial charge >= 0.3 is 0 Å². The summed E-state index contributed by atoms with van der Waals surface area (Å²) in [5.41, 5.74) is 5.94. The molecule has 0 N–H and O–H groups in total. The molecule has 0 spiro atoms. The van der Waals surface area contributed by atoms with E-state index in [0.29, 0.717) is 0 Å². The maximum Gasteiger partial charge on any atom is 0.0712 e. The van der Waals surface area contributed by atoms with Gasteiger partial charge in [-0.25, -0.2) is 0 Å². The molecule has 0 amide bonds. The van der Waals surface area contributed by atoms with Crippen molar-refractivity contribution < 1.29 is 0 Å². The predicted octanol–water partition coefficient (Wildman–Crippen LogP) is 6.06. The number of nitrogens with zero attached hydrogens (tertiary/aromatic N) is 2. The van der Waals surface area contributed by atoms with Gasteiger partial charge in [0.2, 0.25) is 0 Å². The fraction of sp³-hybridized carbons (Fsp3) is 0.348. The summed E-state index contributed by atoms with van der Waals surface area (Å²) >= 11 is 6.37. The van der Waals surface area contributed by atoms with E-state index in [1.54, 1.807) is 0 Å². The summed E-state index contributed by atoms with van der Waals surface area (Å²) in [5.74, 6) is 0. The molecule has 3 heteroatoms. The zero-order valence-electron chi connectivity index (χ0n) is 16.1. The van der Waals surface area contributed by atoms with Gasteiger partial charge in [0.05, 0.1) is 5.52 Å². The van der Waals surface area contributed by atoms with E-state index in [1.807, 2.05) is 12.1 Å². The van der Waals surface area contributed by atoms with Gasteiger partial charge in [0.1, 0.15) is 0 Å². The summed E-state index contributed by atoms with van der Waals surface area (Å²) < 4.78 is 0. The van der Waals surface area contributed by atoms with E-state index in [4.69, 9.17) is 16.6 Å². The molecule has 26 heavy (non-hydrogen) atoms. The molecule has 2 nitrogen and oxygen atoms in total. The normalized spacial score (nSPS) is 18.7. The van der Waals surface area contributed by atoms with Crippen LogP contribution in [-0.4, -0.2) is 22.5 Å². The second-order valence-corrected chi connectivity index (χ2v) is 8.88. The molecule has 0 aliphatic carbocycles. The van der Waals surface area contributed by atoms with Gasteiger partial charge < -0.3 is 0 Å². The van der Waals surface area contributed by atoms with Crippen LogP contribution in [0.3, 0.4) is 0 Å². The average Bonchev–Trinajstić information content (AvgIpc) is 2.59. The van der Waals surface area contributed by atoms with Gasteiger partial charge in [-0.15, -0.1) is 0 Å². The Kier molecular flexibility index (Phi) is 3.91. The number of hydrogen-bond acceptors (Lipinski definition) is 2. The van der Waals surface area contributed by atoms with E-state index in [9.17, 15) is 0 Å². The van der Waals surface area contributed by atoms with E-state index in [0.717, 1.165) is 22.3 Å². The Labute approximate surface area is 160 Å². The lowest BCUT2D eigenvalue weighted by atomic mass is 9.74. The van der Waals surface area contributed by atoms with E-state index in [1.165, 1.54) is 22.4 Å². The number of aromatic nitrogens is 1. The van der Waals surface area contributed by atoms with Crippen molar-refractivity contribution in [2.45, 2.75) is 45.2 Å². The minimum atomic E-state index is -0.133. The van der Waals surface area contributed by atoms with Gasteiger partial charge in [-0.05, 0) is 64.1 Å². The molecule has 0 unspecified atom stereocenters. The fourth-order valence-electron chi connectivity index (χ4n) is 4.43. The highest BCUT2D eigenvalue weighted by Gasteiger charge is 2.44. The number of likely N-dealkylation sites (N-methyl/N-ethyl adjacent to an activating group) is 1. The summed E-state index contributed by atoms with van der Waals surface area (Å²) in [5, 5.41) is 1.88. The first-order chi connectivity index (χ1) is 12.2. The maximum absolute atomic E-state index is 6.37. The Balaban J connectivity index is 2.17. The summed E-state index contributed by atoms with van der Waals surface area (Å²) in [4.78, 5) is 7.56. The standard InChI is InChI=1S/C23H25ClN2/c1-22(2)14-19-21(23(3,4)26(22)5)20(15-9-7-6-8-10-15)17-13-16(24)11-12-18(17)25-19/h6-13H,14H2,1-5H3. The van der Waals surface area contributed by atoms with Gasteiger partial charge in [-0.3, -0.25) is 9.88 Å². The third-order valence-electron chi connectivity index (χ3n) is 6.04. The summed E-state index contributed by atoms with van der Waals surface area (Å²) in [6, 6.07) is 16.7. The van der Waals surface area contributed by atoms with Crippen LogP contribution in [0.2, 0.25) is 5.02 Å². The lowest BCUT2D eigenvalue weighted by Crippen LogP contribution is -2.56. The van der Waals surface area contributed by atoms with Crippen LogP contribution in [0.4, 0.5) is 0 Å². The second kappa shape index (κ2) is 5.80. The van der Waals surface area contributed by atoms with Crippen molar-refractivity contribution in [2.24, 2.45) is 0 Å².